The van der Waals surface area contributed by atoms with Crippen LogP contribution in [0.1, 0.15) is 28.6 Å². The Morgan fingerprint density at radius 2 is 2.54 bits per heavy atom. The Morgan fingerprint density at radius 3 is 3.31 bits per heavy atom. The number of pyridine rings is 1. The van der Waals surface area contributed by atoms with E-state index >= 15 is 0 Å². The van der Waals surface area contributed by atoms with Gasteiger partial charge < -0.3 is 4.74 Å². The zero-order valence-electron chi connectivity index (χ0n) is 7.06. The standard InChI is InChI=1S/C10H9NO2/c1-2-4-8-9-7(10(12)13-8)5-3-6-11-9/h2-3,5-6,8H,1,4H2. The molecule has 13 heavy (non-hydrogen) atoms. The fourth-order valence-electron chi connectivity index (χ4n) is 1.41. The van der Waals surface area contributed by atoms with Gasteiger partial charge in [0.1, 0.15) is 6.10 Å². The molecule has 0 N–H and O–H groups in total. The number of aromatic nitrogens is 1. The van der Waals surface area contributed by atoms with Crippen molar-refractivity contribution in [3.63, 3.8) is 0 Å². The van der Waals surface area contributed by atoms with Crippen LogP contribution in [0.15, 0.2) is 31.0 Å². The molecule has 0 aliphatic carbocycles. The third kappa shape index (κ3) is 1.22. The molecular weight excluding hydrogens is 166 g/mol. The Kier molecular flexibility index (Phi) is 1.85. The minimum absolute atomic E-state index is 0.235. The minimum atomic E-state index is -0.282. The van der Waals surface area contributed by atoms with E-state index in [1.807, 2.05) is 0 Å². The monoisotopic (exact) mass is 175 g/mol. The van der Waals surface area contributed by atoms with Gasteiger partial charge in [0.2, 0.25) is 0 Å². The fourth-order valence-corrected chi connectivity index (χ4v) is 1.41. The highest BCUT2D eigenvalue weighted by atomic mass is 16.5. The Labute approximate surface area is 76.1 Å². The molecule has 0 radical (unpaired) electrons. The first-order valence-electron chi connectivity index (χ1n) is 4.09. The van der Waals surface area contributed by atoms with E-state index in [1.165, 1.54) is 0 Å². The number of nitrogens with zero attached hydrogens (tertiary/aromatic N) is 1. The van der Waals surface area contributed by atoms with Crippen LogP contribution in [0, 0.1) is 0 Å². The van der Waals surface area contributed by atoms with Crippen molar-refractivity contribution in [1.29, 1.82) is 0 Å². The van der Waals surface area contributed by atoms with Crippen LogP contribution in [0.5, 0.6) is 0 Å². The smallest absolute Gasteiger partial charge is 0.340 e. The molecule has 1 aliphatic rings. The van der Waals surface area contributed by atoms with Crippen LogP contribution < -0.4 is 0 Å². The second-order valence-electron chi connectivity index (χ2n) is 2.85. The van der Waals surface area contributed by atoms with Crippen molar-refractivity contribution in [2.24, 2.45) is 0 Å². The molecule has 1 aromatic heterocycles. The van der Waals surface area contributed by atoms with Crippen molar-refractivity contribution in [2.45, 2.75) is 12.5 Å². The Balaban J connectivity index is 2.41. The predicted molar refractivity (Wildman–Crippen MR) is 47.2 cm³/mol. The van der Waals surface area contributed by atoms with Gasteiger partial charge in [-0.1, -0.05) is 6.08 Å². The number of fused-ring (bicyclic) bond motifs is 1. The highest BCUT2D eigenvalue weighted by Crippen LogP contribution is 2.30. The average Bonchev–Trinajstić information content (AvgIpc) is 2.46. The third-order valence-corrected chi connectivity index (χ3v) is 1.99. The van der Waals surface area contributed by atoms with Gasteiger partial charge >= 0.3 is 5.97 Å². The number of esters is 1. The molecule has 66 valence electrons. The number of carbonyl (C=O) groups is 1. The maximum absolute atomic E-state index is 11.3. The van der Waals surface area contributed by atoms with Crippen LogP contribution in [-0.4, -0.2) is 11.0 Å². The summed E-state index contributed by atoms with van der Waals surface area (Å²) >= 11 is 0. The number of carbonyl (C=O) groups excluding carboxylic acids is 1. The Hall–Kier alpha value is -1.64. The SMILES string of the molecule is C=CCC1OC(=O)c2cccnc21. The molecule has 0 saturated heterocycles. The molecule has 0 aromatic carbocycles. The van der Waals surface area contributed by atoms with Gasteiger partial charge in [-0.05, 0) is 12.1 Å². The van der Waals surface area contributed by atoms with Gasteiger partial charge in [0.05, 0.1) is 11.3 Å². The van der Waals surface area contributed by atoms with E-state index in [9.17, 15) is 4.79 Å². The summed E-state index contributed by atoms with van der Waals surface area (Å²) in [6.45, 7) is 3.60. The van der Waals surface area contributed by atoms with Gasteiger partial charge in [0.25, 0.3) is 0 Å². The molecule has 1 unspecified atom stereocenters. The number of rotatable bonds is 2. The van der Waals surface area contributed by atoms with Gasteiger partial charge in [0, 0.05) is 12.6 Å². The zero-order valence-corrected chi connectivity index (χ0v) is 7.06. The van der Waals surface area contributed by atoms with E-state index in [2.05, 4.69) is 11.6 Å². The lowest BCUT2D eigenvalue weighted by atomic mass is 10.1. The summed E-state index contributed by atoms with van der Waals surface area (Å²) < 4.78 is 5.10. The number of hydrogen-bond acceptors (Lipinski definition) is 3. The number of hydrogen-bond donors (Lipinski definition) is 0. The molecule has 0 spiro atoms. The van der Waals surface area contributed by atoms with Gasteiger partial charge in [-0.25, -0.2) is 4.79 Å². The van der Waals surface area contributed by atoms with Crippen molar-refractivity contribution in [2.75, 3.05) is 0 Å². The molecule has 1 atom stereocenters. The summed E-state index contributed by atoms with van der Waals surface area (Å²) in [5.41, 5.74) is 1.31. The van der Waals surface area contributed by atoms with Gasteiger partial charge in [0.15, 0.2) is 0 Å². The fraction of sp³-hybridized carbons (Fsp3) is 0.200. The summed E-state index contributed by atoms with van der Waals surface area (Å²) in [6.07, 6.45) is 3.77. The predicted octanol–water partition coefficient (Wildman–Crippen LogP) is 1.87. The van der Waals surface area contributed by atoms with Crippen molar-refractivity contribution < 1.29 is 9.53 Å². The molecule has 1 aliphatic heterocycles. The van der Waals surface area contributed by atoms with Crippen molar-refractivity contribution >= 4 is 5.97 Å². The molecule has 0 saturated carbocycles. The highest BCUT2D eigenvalue weighted by Gasteiger charge is 2.30. The second kappa shape index (κ2) is 3.01. The van der Waals surface area contributed by atoms with Crippen molar-refractivity contribution in [3.8, 4) is 0 Å². The van der Waals surface area contributed by atoms with E-state index in [-0.39, 0.29) is 12.1 Å². The molecule has 2 rings (SSSR count). The summed E-state index contributed by atoms with van der Waals surface area (Å²) in [5.74, 6) is -0.282. The van der Waals surface area contributed by atoms with Crippen LogP contribution in [-0.2, 0) is 4.74 Å². The quantitative estimate of drug-likeness (QED) is 0.508. The summed E-state index contributed by atoms with van der Waals surface area (Å²) in [5, 5.41) is 0. The first-order chi connectivity index (χ1) is 6.33. The van der Waals surface area contributed by atoms with E-state index < -0.39 is 0 Å². The molecular formula is C10H9NO2. The van der Waals surface area contributed by atoms with Gasteiger partial charge in [-0.15, -0.1) is 6.58 Å². The molecule has 0 fully saturated rings. The maximum Gasteiger partial charge on any atom is 0.340 e. The van der Waals surface area contributed by atoms with Crippen LogP contribution >= 0.6 is 0 Å². The van der Waals surface area contributed by atoms with Crippen LogP contribution in [0.3, 0.4) is 0 Å². The molecule has 3 heteroatoms. The molecule has 0 amide bonds. The van der Waals surface area contributed by atoms with Crippen molar-refractivity contribution in [1.82, 2.24) is 4.98 Å². The second-order valence-corrected chi connectivity index (χ2v) is 2.85. The van der Waals surface area contributed by atoms with Gasteiger partial charge in [-0.3, -0.25) is 4.98 Å². The van der Waals surface area contributed by atoms with Crippen molar-refractivity contribution in [3.05, 3.63) is 42.2 Å². The lowest BCUT2D eigenvalue weighted by Gasteiger charge is -2.04. The van der Waals surface area contributed by atoms with Crippen LogP contribution in [0.4, 0.5) is 0 Å². The van der Waals surface area contributed by atoms with E-state index in [4.69, 9.17) is 4.74 Å². The van der Waals surface area contributed by atoms with E-state index in [0.717, 1.165) is 5.69 Å². The molecule has 0 bridgehead atoms. The third-order valence-electron chi connectivity index (χ3n) is 1.99. The largest absolute Gasteiger partial charge is 0.452 e. The lowest BCUT2D eigenvalue weighted by molar-refractivity contribution is 0.0387. The normalized spacial score (nSPS) is 19.4. The molecule has 1 aromatic rings. The average molecular weight is 175 g/mol. The first-order valence-corrected chi connectivity index (χ1v) is 4.09. The van der Waals surface area contributed by atoms with Crippen LogP contribution in [0.25, 0.3) is 0 Å². The van der Waals surface area contributed by atoms with E-state index in [0.29, 0.717) is 12.0 Å². The zero-order chi connectivity index (χ0) is 9.26. The summed E-state index contributed by atoms with van der Waals surface area (Å²) in [4.78, 5) is 15.4. The van der Waals surface area contributed by atoms with Crippen LogP contribution in [0.2, 0.25) is 0 Å². The topological polar surface area (TPSA) is 39.2 Å². The highest BCUT2D eigenvalue weighted by molar-refractivity contribution is 5.93. The van der Waals surface area contributed by atoms with E-state index in [1.54, 1.807) is 24.4 Å². The Bertz CT molecular complexity index is 360. The van der Waals surface area contributed by atoms with Gasteiger partial charge in [-0.2, -0.15) is 0 Å². The lowest BCUT2D eigenvalue weighted by Crippen LogP contribution is -1.97. The number of cyclic esters (lactones) is 1. The summed E-state index contributed by atoms with van der Waals surface area (Å²) in [6, 6.07) is 3.46. The number of ether oxygens (including phenoxy) is 1. The first kappa shape index (κ1) is 7.98. The minimum Gasteiger partial charge on any atom is -0.452 e. The summed E-state index contributed by atoms with van der Waals surface area (Å²) in [7, 11) is 0. The molecule has 3 nitrogen and oxygen atoms in total. The molecule has 2 heterocycles. The Morgan fingerprint density at radius 1 is 1.69 bits per heavy atom. The maximum atomic E-state index is 11.3.